The maximum absolute atomic E-state index is 12.3. The molecule has 2 aliphatic carbocycles. The number of fused-ring (bicyclic) bond motifs is 1. The van der Waals surface area contributed by atoms with Gasteiger partial charge in [0.25, 0.3) is 0 Å². The summed E-state index contributed by atoms with van der Waals surface area (Å²) in [6, 6.07) is 0. The lowest BCUT2D eigenvalue weighted by molar-refractivity contribution is -0.131. The van der Waals surface area contributed by atoms with Crippen LogP contribution in [0.3, 0.4) is 0 Å². The van der Waals surface area contributed by atoms with E-state index in [1.54, 1.807) is 0 Å². The van der Waals surface area contributed by atoms with Crippen LogP contribution >= 0.6 is 0 Å². The van der Waals surface area contributed by atoms with Crippen LogP contribution < -0.4 is 0 Å². The van der Waals surface area contributed by atoms with E-state index in [2.05, 4.69) is 47.3 Å². The van der Waals surface area contributed by atoms with Crippen molar-refractivity contribution in [3.63, 3.8) is 0 Å². The highest BCUT2D eigenvalue weighted by atomic mass is 28.4. The number of Topliss-reactive ketones (excluding diaryl/α,β-unsaturated/α-hetero) is 1. The predicted octanol–water partition coefficient (Wildman–Crippen LogP) is 6.37. The number of ketones is 1. The molecule has 2 fully saturated rings. The van der Waals surface area contributed by atoms with E-state index >= 15 is 0 Å². The highest BCUT2D eigenvalue weighted by molar-refractivity contribution is 6.69. The first-order valence-corrected chi connectivity index (χ1v) is 14.8. The quantitative estimate of drug-likeness (QED) is 0.318. The molecule has 0 aromatic heterocycles. The van der Waals surface area contributed by atoms with Crippen molar-refractivity contribution >= 4 is 14.1 Å². The average molecular weight is 397 g/mol. The second-order valence-electron chi connectivity index (χ2n) is 10.3. The highest BCUT2D eigenvalue weighted by Crippen LogP contribution is 2.55. The summed E-state index contributed by atoms with van der Waals surface area (Å²) in [5.74, 6) is 1.34. The molecule has 0 spiro atoms. The summed E-state index contributed by atoms with van der Waals surface area (Å²) in [4.78, 5) is 12.3. The predicted molar refractivity (Wildman–Crippen MR) is 116 cm³/mol. The Morgan fingerprint density at radius 2 is 1.89 bits per heavy atom. The second kappa shape index (κ2) is 9.09. The summed E-state index contributed by atoms with van der Waals surface area (Å²) in [5, 5.41) is 0. The third kappa shape index (κ3) is 5.45. The number of carbonyl (C=O) groups is 1. The SMILES string of the molecule is CCC(CC)(CCCO[C@H](C)[C@H]1CC[C@H]2C(=O)CCC[C@]12C)O[Si](C)(C)C. The van der Waals surface area contributed by atoms with E-state index in [0.29, 0.717) is 17.6 Å². The van der Waals surface area contributed by atoms with E-state index in [0.717, 1.165) is 58.0 Å². The van der Waals surface area contributed by atoms with Crippen molar-refractivity contribution in [2.75, 3.05) is 6.61 Å². The van der Waals surface area contributed by atoms with Crippen LogP contribution in [0.4, 0.5) is 0 Å². The fraction of sp³-hybridized carbons (Fsp3) is 0.957. The van der Waals surface area contributed by atoms with Crippen LogP contribution in [0.2, 0.25) is 19.6 Å². The van der Waals surface area contributed by atoms with Gasteiger partial charge in [0, 0.05) is 18.9 Å². The van der Waals surface area contributed by atoms with E-state index < -0.39 is 8.32 Å². The molecule has 0 bridgehead atoms. The van der Waals surface area contributed by atoms with Gasteiger partial charge in [0.1, 0.15) is 5.78 Å². The Bertz CT molecular complexity index is 494. The summed E-state index contributed by atoms with van der Waals surface area (Å²) < 4.78 is 12.9. The molecule has 0 heterocycles. The summed E-state index contributed by atoms with van der Waals surface area (Å²) in [5.41, 5.74) is 0.198. The van der Waals surface area contributed by atoms with Gasteiger partial charge in [-0.25, -0.2) is 0 Å². The van der Waals surface area contributed by atoms with Gasteiger partial charge in [-0.15, -0.1) is 0 Å². The molecule has 3 nitrogen and oxygen atoms in total. The van der Waals surface area contributed by atoms with E-state index in [1.165, 1.54) is 6.42 Å². The zero-order valence-electron chi connectivity index (χ0n) is 19.0. The lowest BCUT2D eigenvalue weighted by Gasteiger charge is -2.42. The van der Waals surface area contributed by atoms with Crippen LogP contribution in [0.25, 0.3) is 0 Å². The van der Waals surface area contributed by atoms with Gasteiger partial charge >= 0.3 is 0 Å². The maximum atomic E-state index is 12.3. The van der Waals surface area contributed by atoms with E-state index in [1.807, 2.05) is 0 Å². The minimum Gasteiger partial charge on any atom is -0.412 e. The average Bonchev–Trinajstić information content (AvgIpc) is 2.95. The van der Waals surface area contributed by atoms with Crippen LogP contribution in [0, 0.1) is 17.3 Å². The normalized spacial score (nSPS) is 30.4. The Kier molecular flexibility index (Phi) is 7.77. The van der Waals surface area contributed by atoms with Crippen molar-refractivity contribution in [3.8, 4) is 0 Å². The second-order valence-corrected chi connectivity index (χ2v) is 14.8. The van der Waals surface area contributed by atoms with Gasteiger partial charge in [0.2, 0.25) is 0 Å². The van der Waals surface area contributed by atoms with Gasteiger partial charge in [-0.3, -0.25) is 4.79 Å². The van der Waals surface area contributed by atoms with Gasteiger partial charge in [0.05, 0.1) is 11.7 Å². The van der Waals surface area contributed by atoms with E-state index in [9.17, 15) is 4.79 Å². The summed E-state index contributed by atoms with van der Waals surface area (Å²) in [6.45, 7) is 16.8. The van der Waals surface area contributed by atoms with Gasteiger partial charge in [-0.1, -0.05) is 20.8 Å². The van der Waals surface area contributed by atoms with Crippen LogP contribution in [-0.4, -0.2) is 32.4 Å². The van der Waals surface area contributed by atoms with Crippen molar-refractivity contribution in [2.45, 2.75) is 117 Å². The molecule has 0 saturated heterocycles. The first-order valence-electron chi connectivity index (χ1n) is 11.4. The molecule has 0 radical (unpaired) electrons. The third-order valence-corrected chi connectivity index (χ3v) is 8.52. The monoisotopic (exact) mass is 396 g/mol. The fourth-order valence-corrected chi connectivity index (χ4v) is 7.66. The molecule has 2 saturated carbocycles. The molecule has 0 aromatic rings. The van der Waals surface area contributed by atoms with Crippen LogP contribution in [-0.2, 0) is 14.0 Å². The molecule has 2 aliphatic rings. The smallest absolute Gasteiger partial charge is 0.184 e. The summed E-state index contributed by atoms with van der Waals surface area (Å²) >= 11 is 0. The van der Waals surface area contributed by atoms with Gasteiger partial charge in [0.15, 0.2) is 8.32 Å². The number of ether oxygens (including phenoxy) is 1. The maximum Gasteiger partial charge on any atom is 0.184 e. The Balaban J connectivity index is 1.85. The van der Waals surface area contributed by atoms with E-state index in [-0.39, 0.29) is 17.1 Å². The Labute approximate surface area is 169 Å². The van der Waals surface area contributed by atoms with Gasteiger partial charge in [-0.05, 0) is 89.3 Å². The molecule has 0 aliphatic heterocycles. The van der Waals surface area contributed by atoms with Crippen molar-refractivity contribution in [1.82, 2.24) is 0 Å². The molecule has 0 N–H and O–H groups in total. The van der Waals surface area contributed by atoms with Gasteiger partial charge in [-0.2, -0.15) is 0 Å². The van der Waals surface area contributed by atoms with Crippen LogP contribution in [0.5, 0.6) is 0 Å². The number of hydrogen-bond acceptors (Lipinski definition) is 3. The Morgan fingerprint density at radius 1 is 1.22 bits per heavy atom. The number of hydrogen-bond donors (Lipinski definition) is 0. The molecule has 0 aromatic carbocycles. The highest BCUT2D eigenvalue weighted by Gasteiger charge is 2.52. The van der Waals surface area contributed by atoms with Crippen molar-refractivity contribution in [2.24, 2.45) is 17.3 Å². The molecule has 4 heteroatoms. The molecule has 27 heavy (non-hydrogen) atoms. The standard InChI is InChI=1S/C23H44O3Si/c1-8-23(9-2,26-27(5,6)7)16-11-17-25-18(3)19-13-14-20-21(24)12-10-15-22(19,20)4/h18-20H,8-17H2,1-7H3/t18-,19-,20+,22-/m1/s1. The summed E-state index contributed by atoms with van der Waals surface area (Å²) in [6.07, 6.45) is 9.84. The lowest BCUT2D eigenvalue weighted by atomic mass is 9.64. The molecular weight excluding hydrogens is 352 g/mol. The zero-order chi connectivity index (χ0) is 20.3. The molecular formula is C23H44O3Si. The van der Waals surface area contributed by atoms with Crippen LogP contribution in [0.15, 0.2) is 0 Å². The largest absolute Gasteiger partial charge is 0.412 e. The van der Waals surface area contributed by atoms with Gasteiger partial charge < -0.3 is 9.16 Å². The Morgan fingerprint density at radius 3 is 2.48 bits per heavy atom. The van der Waals surface area contributed by atoms with E-state index in [4.69, 9.17) is 9.16 Å². The molecule has 158 valence electrons. The van der Waals surface area contributed by atoms with Crippen molar-refractivity contribution in [1.29, 1.82) is 0 Å². The summed E-state index contributed by atoms with van der Waals surface area (Å²) in [7, 11) is -1.55. The lowest BCUT2D eigenvalue weighted by Crippen LogP contribution is -2.42. The molecule has 4 atom stereocenters. The minimum atomic E-state index is -1.55. The van der Waals surface area contributed by atoms with Crippen molar-refractivity contribution in [3.05, 3.63) is 0 Å². The molecule has 0 amide bonds. The topological polar surface area (TPSA) is 35.5 Å². The molecule has 0 unspecified atom stereocenters. The molecule has 2 rings (SSSR count). The zero-order valence-corrected chi connectivity index (χ0v) is 20.0. The Hall–Kier alpha value is -0.193. The number of rotatable bonds is 10. The first-order chi connectivity index (χ1) is 12.6. The van der Waals surface area contributed by atoms with Crippen molar-refractivity contribution < 1.29 is 14.0 Å². The number of carbonyl (C=O) groups excluding carboxylic acids is 1. The fourth-order valence-electron chi connectivity index (χ4n) is 5.97. The van der Waals surface area contributed by atoms with Crippen LogP contribution in [0.1, 0.15) is 85.5 Å². The third-order valence-electron chi connectivity index (χ3n) is 7.47. The minimum absolute atomic E-state index is 0.0251. The first kappa shape index (κ1) is 23.1.